The van der Waals surface area contributed by atoms with Gasteiger partial charge in [-0.3, -0.25) is 4.98 Å². The molecule has 1 atom stereocenters. The van der Waals surface area contributed by atoms with Crippen molar-refractivity contribution in [3.63, 3.8) is 0 Å². The Morgan fingerprint density at radius 2 is 2.16 bits per heavy atom. The summed E-state index contributed by atoms with van der Waals surface area (Å²) in [6.45, 7) is 2.04. The number of hydrogen-bond acceptors (Lipinski definition) is 2. The summed E-state index contributed by atoms with van der Waals surface area (Å²) in [4.78, 5) is 4.11. The van der Waals surface area contributed by atoms with E-state index in [1.807, 2.05) is 25.1 Å². The third kappa shape index (κ3) is 3.67. The molecule has 0 bridgehead atoms. The van der Waals surface area contributed by atoms with Crippen molar-refractivity contribution in [1.82, 2.24) is 4.98 Å². The summed E-state index contributed by atoms with van der Waals surface area (Å²) >= 11 is 9.45. The van der Waals surface area contributed by atoms with Gasteiger partial charge in [0.2, 0.25) is 0 Å². The third-order valence-electron chi connectivity index (χ3n) is 2.77. The Kier molecular flexibility index (Phi) is 4.77. The van der Waals surface area contributed by atoms with Crippen LogP contribution < -0.4 is 5.32 Å². The molecular weight excluding hydrogens is 331 g/mol. The molecule has 0 aliphatic carbocycles. The molecule has 1 heterocycles. The van der Waals surface area contributed by atoms with Gasteiger partial charge < -0.3 is 5.32 Å². The molecular formula is C14H13BrClFN2. The van der Waals surface area contributed by atoms with Crippen LogP contribution in [-0.4, -0.2) is 4.98 Å². The van der Waals surface area contributed by atoms with Gasteiger partial charge in [0.25, 0.3) is 0 Å². The van der Waals surface area contributed by atoms with E-state index in [9.17, 15) is 4.39 Å². The molecule has 0 saturated heterocycles. The number of benzene rings is 1. The highest BCUT2D eigenvalue weighted by Crippen LogP contribution is 2.30. The van der Waals surface area contributed by atoms with Gasteiger partial charge in [0.05, 0.1) is 23.6 Å². The minimum atomic E-state index is -0.331. The van der Waals surface area contributed by atoms with Crippen LogP contribution in [-0.2, 0) is 0 Å². The topological polar surface area (TPSA) is 24.9 Å². The van der Waals surface area contributed by atoms with Crippen LogP contribution in [0, 0.1) is 5.82 Å². The van der Waals surface area contributed by atoms with Crippen LogP contribution in [0.15, 0.2) is 41.0 Å². The van der Waals surface area contributed by atoms with Gasteiger partial charge in [-0.1, -0.05) is 18.5 Å². The van der Waals surface area contributed by atoms with Crippen LogP contribution >= 0.6 is 27.5 Å². The molecule has 2 aromatic rings. The number of aromatic nitrogens is 1. The molecule has 1 N–H and O–H groups in total. The van der Waals surface area contributed by atoms with Gasteiger partial charge in [0.15, 0.2) is 0 Å². The Labute approximate surface area is 125 Å². The van der Waals surface area contributed by atoms with Crippen molar-refractivity contribution in [2.45, 2.75) is 19.4 Å². The normalized spacial score (nSPS) is 12.2. The predicted molar refractivity (Wildman–Crippen MR) is 80.0 cm³/mol. The van der Waals surface area contributed by atoms with E-state index in [1.54, 1.807) is 6.07 Å². The highest BCUT2D eigenvalue weighted by Gasteiger charge is 2.12. The van der Waals surface area contributed by atoms with Crippen molar-refractivity contribution in [3.8, 4) is 0 Å². The van der Waals surface area contributed by atoms with Gasteiger partial charge in [-0.05, 0) is 52.7 Å². The first kappa shape index (κ1) is 14.3. The molecule has 0 aliphatic heterocycles. The first-order valence-electron chi connectivity index (χ1n) is 5.93. The highest BCUT2D eigenvalue weighted by molar-refractivity contribution is 9.10. The molecule has 1 unspecified atom stereocenters. The smallest absolute Gasteiger partial charge is 0.141 e. The van der Waals surface area contributed by atoms with Gasteiger partial charge in [0, 0.05) is 9.50 Å². The Morgan fingerprint density at radius 1 is 1.37 bits per heavy atom. The van der Waals surface area contributed by atoms with Crippen molar-refractivity contribution < 1.29 is 4.39 Å². The maximum atomic E-state index is 12.9. The molecule has 1 aromatic carbocycles. The van der Waals surface area contributed by atoms with Crippen LogP contribution in [0.3, 0.4) is 0 Å². The summed E-state index contributed by atoms with van der Waals surface area (Å²) in [7, 11) is 0. The van der Waals surface area contributed by atoms with Gasteiger partial charge >= 0.3 is 0 Å². The summed E-state index contributed by atoms with van der Waals surface area (Å²) in [5.74, 6) is -0.331. The van der Waals surface area contributed by atoms with Gasteiger partial charge in [-0.25, -0.2) is 4.39 Å². The summed E-state index contributed by atoms with van der Waals surface area (Å²) in [5.41, 5.74) is 1.70. The van der Waals surface area contributed by atoms with Crippen LogP contribution in [0.4, 0.5) is 10.1 Å². The lowest BCUT2D eigenvalue weighted by atomic mass is 10.1. The zero-order valence-corrected chi connectivity index (χ0v) is 12.7. The molecule has 0 amide bonds. The van der Waals surface area contributed by atoms with E-state index >= 15 is 0 Å². The van der Waals surface area contributed by atoms with Crippen molar-refractivity contribution in [2.75, 3.05) is 5.32 Å². The number of anilines is 1. The SMILES string of the molecule is CCC(Nc1cc(Cl)ccc1Br)c1ccc(F)cn1. The molecule has 1 aromatic heterocycles. The monoisotopic (exact) mass is 342 g/mol. The number of nitrogens with zero attached hydrogens (tertiary/aromatic N) is 1. The second-order valence-corrected chi connectivity index (χ2v) is 5.42. The molecule has 100 valence electrons. The van der Waals surface area contributed by atoms with Crippen LogP contribution in [0.25, 0.3) is 0 Å². The van der Waals surface area contributed by atoms with Gasteiger partial charge in [-0.2, -0.15) is 0 Å². The Morgan fingerprint density at radius 3 is 2.79 bits per heavy atom. The van der Waals surface area contributed by atoms with Crippen molar-refractivity contribution >= 4 is 33.2 Å². The van der Waals surface area contributed by atoms with E-state index in [-0.39, 0.29) is 11.9 Å². The first-order chi connectivity index (χ1) is 9.10. The Balaban J connectivity index is 2.23. The van der Waals surface area contributed by atoms with Crippen LogP contribution in [0.1, 0.15) is 25.1 Å². The van der Waals surface area contributed by atoms with E-state index in [0.717, 1.165) is 22.3 Å². The number of nitrogens with one attached hydrogen (secondary N) is 1. The second kappa shape index (κ2) is 6.35. The quantitative estimate of drug-likeness (QED) is 0.825. The Bertz CT molecular complexity index is 560. The minimum Gasteiger partial charge on any atom is -0.376 e. The van der Waals surface area contributed by atoms with E-state index < -0.39 is 0 Å². The maximum absolute atomic E-state index is 12.9. The lowest BCUT2D eigenvalue weighted by Crippen LogP contribution is -2.11. The minimum absolute atomic E-state index is 0.00960. The average Bonchev–Trinajstić information content (AvgIpc) is 2.41. The fourth-order valence-corrected chi connectivity index (χ4v) is 2.31. The Hall–Kier alpha value is -1.13. The summed E-state index contributed by atoms with van der Waals surface area (Å²) in [6, 6.07) is 8.66. The third-order valence-corrected chi connectivity index (χ3v) is 3.70. The summed E-state index contributed by atoms with van der Waals surface area (Å²) in [5, 5.41) is 4.02. The van der Waals surface area contributed by atoms with E-state index in [2.05, 4.69) is 26.2 Å². The lowest BCUT2D eigenvalue weighted by Gasteiger charge is -2.19. The van der Waals surface area contributed by atoms with Crippen molar-refractivity contribution in [3.05, 3.63) is 57.5 Å². The van der Waals surface area contributed by atoms with Crippen molar-refractivity contribution in [1.29, 1.82) is 0 Å². The molecule has 0 saturated carbocycles. The van der Waals surface area contributed by atoms with Crippen molar-refractivity contribution in [2.24, 2.45) is 0 Å². The summed E-state index contributed by atoms with van der Waals surface area (Å²) < 4.78 is 13.8. The second-order valence-electron chi connectivity index (χ2n) is 4.13. The first-order valence-corrected chi connectivity index (χ1v) is 7.10. The lowest BCUT2D eigenvalue weighted by molar-refractivity contribution is 0.614. The number of halogens is 3. The van der Waals surface area contributed by atoms with Gasteiger partial charge in [-0.15, -0.1) is 0 Å². The zero-order valence-electron chi connectivity index (χ0n) is 10.3. The number of hydrogen-bond donors (Lipinski definition) is 1. The van der Waals surface area contributed by atoms with Crippen LogP contribution in [0.2, 0.25) is 5.02 Å². The molecule has 19 heavy (non-hydrogen) atoms. The zero-order chi connectivity index (χ0) is 13.8. The van der Waals surface area contributed by atoms with E-state index in [0.29, 0.717) is 5.02 Å². The van der Waals surface area contributed by atoms with E-state index in [4.69, 9.17) is 11.6 Å². The molecule has 0 radical (unpaired) electrons. The molecule has 5 heteroatoms. The summed E-state index contributed by atoms with van der Waals surface area (Å²) in [6.07, 6.45) is 2.06. The largest absolute Gasteiger partial charge is 0.376 e. The standard InChI is InChI=1S/C14H13BrClFN2/c1-2-12(13-6-4-10(17)8-18-13)19-14-7-9(16)3-5-11(14)15/h3-8,12,19H,2H2,1H3. The average molecular weight is 344 g/mol. The molecule has 0 aliphatic rings. The highest BCUT2D eigenvalue weighted by atomic mass is 79.9. The fourth-order valence-electron chi connectivity index (χ4n) is 1.77. The number of pyridine rings is 1. The number of rotatable bonds is 4. The van der Waals surface area contributed by atoms with Crippen LogP contribution in [0.5, 0.6) is 0 Å². The maximum Gasteiger partial charge on any atom is 0.141 e. The molecule has 2 nitrogen and oxygen atoms in total. The molecule has 0 spiro atoms. The van der Waals surface area contributed by atoms with E-state index in [1.165, 1.54) is 12.3 Å². The predicted octanol–water partition coefficient (Wildman–Crippen LogP) is 5.20. The molecule has 2 rings (SSSR count). The van der Waals surface area contributed by atoms with Gasteiger partial charge in [0.1, 0.15) is 5.82 Å². The molecule has 0 fully saturated rings. The fraction of sp³-hybridized carbons (Fsp3) is 0.214.